The Kier molecular flexibility index (Phi) is 4.91. The van der Waals surface area contributed by atoms with Crippen LogP contribution in [-0.2, 0) is 0 Å². The molecule has 146 valence electrons. The molecule has 3 aromatic carbocycles. The molecular weight excluding hydrogens is 417 g/mol. The van der Waals surface area contributed by atoms with E-state index in [2.05, 4.69) is 5.16 Å². The van der Waals surface area contributed by atoms with Crippen LogP contribution < -0.4 is 0 Å². The van der Waals surface area contributed by atoms with Gasteiger partial charge in [-0.1, -0.05) is 70.8 Å². The summed E-state index contributed by atoms with van der Waals surface area (Å²) in [5.74, 6) is 2.24. The summed E-state index contributed by atoms with van der Waals surface area (Å²) in [4.78, 5) is 0. The van der Waals surface area contributed by atoms with Crippen LogP contribution in [0.1, 0.15) is 11.3 Å². The van der Waals surface area contributed by atoms with Crippen molar-refractivity contribution in [2.75, 3.05) is 0 Å². The van der Waals surface area contributed by atoms with Gasteiger partial charge in [0.2, 0.25) is 0 Å². The van der Waals surface area contributed by atoms with Crippen molar-refractivity contribution in [3.05, 3.63) is 100 Å². The Bertz CT molecular complexity index is 1370. The van der Waals surface area contributed by atoms with E-state index in [4.69, 9.17) is 32.1 Å². The summed E-state index contributed by atoms with van der Waals surface area (Å²) in [5.41, 5.74) is 3.70. The highest BCUT2D eigenvalue weighted by Gasteiger charge is 2.10. The molecule has 0 N–H and O–H groups in total. The summed E-state index contributed by atoms with van der Waals surface area (Å²) >= 11 is 12.1. The van der Waals surface area contributed by atoms with Gasteiger partial charge in [0.15, 0.2) is 5.76 Å². The summed E-state index contributed by atoms with van der Waals surface area (Å²) < 4.78 is 11.5. The van der Waals surface area contributed by atoms with Crippen molar-refractivity contribution in [2.45, 2.75) is 0 Å². The fourth-order valence-electron chi connectivity index (χ4n) is 3.29. The minimum atomic E-state index is 0.499. The Hall–Kier alpha value is -3.27. The van der Waals surface area contributed by atoms with Gasteiger partial charge in [-0.05, 0) is 54.1 Å². The van der Waals surface area contributed by atoms with Crippen LogP contribution in [0.4, 0.5) is 0 Å². The predicted molar refractivity (Wildman–Crippen MR) is 123 cm³/mol. The van der Waals surface area contributed by atoms with Crippen LogP contribution in [0, 0.1) is 0 Å². The first-order chi connectivity index (χ1) is 14.7. The maximum Gasteiger partial charge on any atom is 0.174 e. The molecule has 2 aromatic heterocycles. The molecule has 5 aromatic rings. The Labute approximate surface area is 183 Å². The third kappa shape index (κ3) is 3.65. The monoisotopic (exact) mass is 431 g/mol. The molecule has 0 unspecified atom stereocenters. The van der Waals surface area contributed by atoms with E-state index in [9.17, 15) is 0 Å². The van der Waals surface area contributed by atoms with E-state index in [1.807, 2.05) is 78.9 Å². The second-order valence-corrected chi connectivity index (χ2v) is 7.63. The van der Waals surface area contributed by atoms with Crippen molar-refractivity contribution in [3.8, 4) is 22.6 Å². The summed E-state index contributed by atoms with van der Waals surface area (Å²) in [7, 11) is 0. The zero-order valence-electron chi connectivity index (χ0n) is 15.7. The standard InChI is InChI=1S/C25H15Cl2NO2/c26-21-12-8-18(15-22(21)27)24-13-10-19(29-24)9-6-16-7-11-20-23(14-16)28-30-25(20)17-4-2-1-3-5-17/h1-15H. The smallest absolute Gasteiger partial charge is 0.174 e. The Balaban J connectivity index is 1.39. The molecule has 30 heavy (non-hydrogen) atoms. The number of nitrogens with zero attached hydrogens (tertiary/aromatic N) is 1. The van der Waals surface area contributed by atoms with Crippen LogP contribution in [0.5, 0.6) is 0 Å². The van der Waals surface area contributed by atoms with Gasteiger partial charge >= 0.3 is 0 Å². The van der Waals surface area contributed by atoms with Crippen LogP contribution in [-0.4, -0.2) is 5.16 Å². The van der Waals surface area contributed by atoms with Gasteiger partial charge in [0, 0.05) is 16.5 Å². The summed E-state index contributed by atoms with van der Waals surface area (Å²) in [6.07, 6.45) is 3.90. The molecule has 0 bridgehead atoms. The number of furan rings is 1. The normalized spacial score (nSPS) is 11.5. The molecule has 5 rings (SSSR count). The molecule has 3 nitrogen and oxygen atoms in total. The number of aromatic nitrogens is 1. The van der Waals surface area contributed by atoms with E-state index in [0.29, 0.717) is 10.0 Å². The summed E-state index contributed by atoms with van der Waals surface area (Å²) in [6, 6.07) is 25.3. The quantitative estimate of drug-likeness (QED) is 0.287. The number of hydrogen-bond donors (Lipinski definition) is 0. The Morgan fingerprint density at radius 2 is 1.60 bits per heavy atom. The molecule has 0 fully saturated rings. The van der Waals surface area contributed by atoms with Crippen LogP contribution in [0.3, 0.4) is 0 Å². The number of halogens is 2. The third-order valence-corrected chi connectivity index (χ3v) is 5.55. The van der Waals surface area contributed by atoms with E-state index in [-0.39, 0.29) is 0 Å². The predicted octanol–water partition coefficient (Wildman–Crippen LogP) is 8.23. The van der Waals surface area contributed by atoms with Crippen molar-refractivity contribution >= 4 is 46.3 Å². The van der Waals surface area contributed by atoms with Gasteiger partial charge < -0.3 is 8.94 Å². The lowest BCUT2D eigenvalue weighted by molar-refractivity contribution is 0.441. The van der Waals surface area contributed by atoms with E-state index >= 15 is 0 Å². The lowest BCUT2D eigenvalue weighted by Gasteiger charge is -1.99. The van der Waals surface area contributed by atoms with E-state index < -0.39 is 0 Å². The first-order valence-electron chi connectivity index (χ1n) is 9.35. The SMILES string of the molecule is Clc1ccc(-c2ccc(C=Cc3ccc4c(-c5ccccc5)onc4c3)o2)cc1Cl. The van der Waals surface area contributed by atoms with Crippen molar-refractivity contribution in [1.29, 1.82) is 0 Å². The molecule has 0 saturated heterocycles. The summed E-state index contributed by atoms with van der Waals surface area (Å²) in [6.45, 7) is 0. The van der Waals surface area contributed by atoms with E-state index in [0.717, 1.165) is 44.9 Å². The number of hydrogen-bond acceptors (Lipinski definition) is 3. The topological polar surface area (TPSA) is 39.2 Å². The number of rotatable bonds is 4. The van der Waals surface area contributed by atoms with Crippen LogP contribution in [0.15, 0.2) is 87.8 Å². The van der Waals surface area contributed by atoms with Gasteiger partial charge in [0.05, 0.1) is 10.0 Å². The van der Waals surface area contributed by atoms with Gasteiger partial charge in [-0.25, -0.2) is 0 Å². The van der Waals surface area contributed by atoms with Gasteiger partial charge in [-0.2, -0.15) is 0 Å². The minimum absolute atomic E-state index is 0.499. The molecule has 0 aliphatic rings. The van der Waals surface area contributed by atoms with Crippen LogP contribution in [0.2, 0.25) is 10.0 Å². The first-order valence-corrected chi connectivity index (χ1v) is 10.1. The molecule has 0 saturated carbocycles. The second-order valence-electron chi connectivity index (χ2n) is 6.82. The first kappa shape index (κ1) is 18.7. The van der Waals surface area contributed by atoms with Gasteiger partial charge in [-0.15, -0.1) is 0 Å². The zero-order valence-corrected chi connectivity index (χ0v) is 17.2. The molecule has 0 aliphatic carbocycles. The number of fused-ring (bicyclic) bond motifs is 1. The van der Waals surface area contributed by atoms with Gasteiger partial charge in [0.25, 0.3) is 0 Å². The third-order valence-electron chi connectivity index (χ3n) is 4.81. The lowest BCUT2D eigenvalue weighted by atomic mass is 10.1. The van der Waals surface area contributed by atoms with E-state index in [1.54, 1.807) is 12.1 Å². The molecule has 0 atom stereocenters. The maximum absolute atomic E-state index is 6.10. The highest BCUT2D eigenvalue weighted by atomic mass is 35.5. The molecule has 0 radical (unpaired) electrons. The fourth-order valence-corrected chi connectivity index (χ4v) is 3.59. The Morgan fingerprint density at radius 3 is 2.43 bits per heavy atom. The maximum atomic E-state index is 6.10. The number of benzene rings is 3. The van der Waals surface area contributed by atoms with Gasteiger partial charge in [-0.3, -0.25) is 0 Å². The van der Waals surface area contributed by atoms with E-state index in [1.165, 1.54) is 0 Å². The Morgan fingerprint density at radius 1 is 0.733 bits per heavy atom. The molecule has 0 spiro atoms. The average molecular weight is 432 g/mol. The highest BCUT2D eigenvalue weighted by Crippen LogP contribution is 2.31. The second kappa shape index (κ2) is 7.86. The van der Waals surface area contributed by atoms with Crippen LogP contribution in [0.25, 0.3) is 45.7 Å². The van der Waals surface area contributed by atoms with Crippen molar-refractivity contribution < 1.29 is 8.94 Å². The molecule has 0 aliphatic heterocycles. The van der Waals surface area contributed by atoms with Crippen molar-refractivity contribution in [3.63, 3.8) is 0 Å². The van der Waals surface area contributed by atoms with Crippen molar-refractivity contribution in [1.82, 2.24) is 5.16 Å². The minimum Gasteiger partial charge on any atom is -0.457 e. The van der Waals surface area contributed by atoms with Crippen molar-refractivity contribution in [2.24, 2.45) is 0 Å². The molecule has 0 amide bonds. The molecule has 2 heterocycles. The molecular formula is C25H15Cl2NO2. The summed E-state index contributed by atoms with van der Waals surface area (Å²) in [5, 5.41) is 6.22. The highest BCUT2D eigenvalue weighted by molar-refractivity contribution is 6.42. The molecule has 5 heteroatoms. The fraction of sp³-hybridized carbons (Fsp3) is 0. The lowest BCUT2D eigenvalue weighted by Crippen LogP contribution is -1.76. The van der Waals surface area contributed by atoms with Gasteiger partial charge in [0.1, 0.15) is 17.0 Å². The largest absolute Gasteiger partial charge is 0.457 e. The zero-order chi connectivity index (χ0) is 20.5. The van der Waals surface area contributed by atoms with Crippen LogP contribution >= 0.6 is 23.2 Å². The average Bonchev–Trinajstić information content (AvgIpc) is 3.42.